The van der Waals surface area contributed by atoms with Crippen molar-refractivity contribution in [1.29, 1.82) is 0 Å². The Labute approximate surface area is 148 Å². The molecule has 0 amide bonds. The number of benzene rings is 1. The van der Waals surface area contributed by atoms with Crippen LogP contribution in [0.25, 0.3) is 0 Å². The number of carbonyl (C=O) groups excluding carboxylic acids is 2. The van der Waals surface area contributed by atoms with Gasteiger partial charge in [-0.3, -0.25) is 0 Å². The molecule has 0 radical (unpaired) electrons. The van der Waals surface area contributed by atoms with E-state index >= 15 is 0 Å². The van der Waals surface area contributed by atoms with Crippen molar-refractivity contribution in [3.63, 3.8) is 0 Å². The molecule has 0 saturated carbocycles. The topological polar surface area (TPSA) is 78.3 Å². The summed E-state index contributed by atoms with van der Waals surface area (Å²) in [5.41, 5.74) is 5.82. The first kappa shape index (κ1) is 14.3. The second-order valence-electron chi connectivity index (χ2n) is 7.10. The number of rotatable bonds is 1. The summed E-state index contributed by atoms with van der Waals surface area (Å²) in [7, 11) is 0. The van der Waals surface area contributed by atoms with Gasteiger partial charge >= 0.3 is 11.9 Å². The number of fused-ring (bicyclic) bond motifs is 6. The van der Waals surface area contributed by atoms with Crippen LogP contribution in [0.5, 0.6) is 0 Å². The highest BCUT2D eigenvalue weighted by molar-refractivity contribution is 5.97. The molecule has 1 aromatic carbocycles. The predicted octanol–water partition coefficient (Wildman–Crippen LogP) is 2.87. The quantitative estimate of drug-likeness (QED) is 0.581. The SMILES string of the molecule is Cc1c2c(cc3c1C1OC1C=C1C(=O)OCC13)C(=O)OC2c1ccoc1. The summed E-state index contributed by atoms with van der Waals surface area (Å²) >= 11 is 0. The molecule has 0 N–H and O–H groups in total. The van der Waals surface area contributed by atoms with Crippen LogP contribution in [0, 0.1) is 6.92 Å². The van der Waals surface area contributed by atoms with E-state index in [-0.39, 0.29) is 30.1 Å². The fourth-order valence-electron chi connectivity index (χ4n) is 4.51. The fourth-order valence-corrected chi connectivity index (χ4v) is 4.51. The Morgan fingerprint density at radius 1 is 1.15 bits per heavy atom. The van der Waals surface area contributed by atoms with E-state index in [2.05, 4.69) is 0 Å². The highest BCUT2D eigenvalue weighted by Gasteiger charge is 2.50. The standard InChI is InChI=1S/C20H14O6/c1-8-15-10(13-7-24-19(21)11(13)5-14-18(15)25-14)4-12-16(8)17(26-20(12)22)9-2-3-23-6-9/h2-6,13-14,17-18H,7H2,1H3. The second kappa shape index (κ2) is 4.65. The number of epoxide rings is 1. The van der Waals surface area contributed by atoms with Gasteiger partial charge in [0.15, 0.2) is 6.10 Å². The van der Waals surface area contributed by atoms with Gasteiger partial charge in [-0.25, -0.2) is 9.59 Å². The zero-order chi connectivity index (χ0) is 17.6. The van der Waals surface area contributed by atoms with Crippen LogP contribution in [0.4, 0.5) is 0 Å². The number of carbonyl (C=O) groups is 2. The molecular weight excluding hydrogens is 336 g/mol. The van der Waals surface area contributed by atoms with E-state index < -0.39 is 6.10 Å². The van der Waals surface area contributed by atoms with Gasteiger partial charge in [-0.2, -0.15) is 0 Å². The number of furan rings is 1. The Bertz CT molecular complexity index is 1020. The summed E-state index contributed by atoms with van der Waals surface area (Å²) in [6.45, 7) is 2.30. The van der Waals surface area contributed by atoms with Gasteiger partial charge in [-0.1, -0.05) is 0 Å². The first-order chi connectivity index (χ1) is 12.6. The summed E-state index contributed by atoms with van der Waals surface area (Å²) in [6.07, 6.45) is 4.37. The van der Waals surface area contributed by atoms with Crippen LogP contribution < -0.4 is 0 Å². The van der Waals surface area contributed by atoms with Gasteiger partial charge in [0.2, 0.25) is 0 Å². The number of hydrogen-bond donors (Lipinski definition) is 0. The van der Waals surface area contributed by atoms with Gasteiger partial charge in [-0.15, -0.1) is 0 Å². The highest BCUT2D eigenvalue weighted by atomic mass is 16.6. The number of ether oxygens (including phenoxy) is 3. The van der Waals surface area contributed by atoms with Crippen molar-refractivity contribution >= 4 is 11.9 Å². The zero-order valence-electron chi connectivity index (χ0n) is 13.9. The van der Waals surface area contributed by atoms with E-state index in [9.17, 15) is 9.59 Å². The van der Waals surface area contributed by atoms with E-state index in [0.29, 0.717) is 17.7 Å². The minimum absolute atomic E-state index is 0.0816. The lowest BCUT2D eigenvalue weighted by molar-refractivity contribution is -0.135. The van der Waals surface area contributed by atoms with Gasteiger partial charge < -0.3 is 18.6 Å². The molecular formula is C20H14O6. The molecule has 130 valence electrons. The Kier molecular flexibility index (Phi) is 2.56. The molecule has 2 fully saturated rings. The summed E-state index contributed by atoms with van der Waals surface area (Å²) < 4.78 is 21.9. The van der Waals surface area contributed by atoms with Gasteiger partial charge in [0.05, 0.1) is 24.0 Å². The van der Waals surface area contributed by atoms with E-state index in [4.69, 9.17) is 18.6 Å². The Balaban J connectivity index is 1.59. The zero-order valence-corrected chi connectivity index (χ0v) is 13.9. The van der Waals surface area contributed by atoms with Gasteiger partial charge in [0.1, 0.15) is 18.8 Å². The van der Waals surface area contributed by atoms with Gasteiger partial charge in [-0.05, 0) is 41.8 Å². The largest absolute Gasteiger partial charge is 0.472 e. The van der Waals surface area contributed by atoms with Crippen molar-refractivity contribution in [3.05, 3.63) is 69.7 Å². The Morgan fingerprint density at radius 2 is 2.04 bits per heavy atom. The van der Waals surface area contributed by atoms with Crippen LogP contribution >= 0.6 is 0 Å². The van der Waals surface area contributed by atoms with Gasteiger partial charge in [0.25, 0.3) is 0 Å². The van der Waals surface area contributed by atoms with Crippen molar-refractivity contribution in [2.24, 2.45) is 0 Å². The molecule has 3 aliphatic heterocycles. The summed E-state index contributed by atoms with van der Waals surface area (Å²) in [4.78, 5) is 24.6. The van der Waals surface area contributed by atoms with Crippen LogP contribution in [-0.2, 0) is 19.0 Å². The van der Waals surface area contributed by atoms with Crippen LogP contribution in [0.1, 0.15) is 56.3 Å². The molecule has 1 aliphatic carbocycles. The van der Waals surface area contributed by atoms with Crippen molar-refractivity contribution in [2.45, 2.75) is 31.2 Å². The molecule has 4 atom stereocenters. The van der Waals surface area contributed by atoms with Crippen LogP contribution in [0.3, 0.4) is 0 Å². The third-order valence-corrected chi connectivity index (χ3v) is 5.78. The summed E-state index contributed by atoms with van der Waals surface area (Å²) in [5.74, 6) is -0.807. The number of hydrogen-bond acceptors (Lipinski definition) is 6. The average molecular weight is 350 g/mol. The average Bonchev–Trinajstić information content (AvgIpc) is 2.95. The van der Waals surface area contributed by atoms with Crippen molar-refractivity contribution < 1.29 is 28.2 Å². The summed E-state index contributed by atoms with van der Waals surface area (Å²) in [6, 6.07) is 3.67. The summed E-state index contributed by atoms with van der Waals surface area (Å²) in [5, 5.41) is 0. The molecule has 0 spiro atoms. The second-order valence-corrected chi connectivity index (χ2v) is 7.10. The van der Waals surface area contributed by atoms with Gasteiger partial charge in [0, 0.05) is 16.7 Å². The number of esters is 2. The molecule has 6 heteroatoms. The van der Waals surface area contributed by atoms with E-state index in [1.54, 1.807) is 18.6 Å². The molecule has 2 aromatic rings. The lowest BCUT2D eigenvalue weighted by Gasteiger charge is -2.19. The first-order valence-corrected chi connectivity index (χ1v) is 8.58. The normalized spacial score (nSPS) is 30.4. The molecule has 4 heterocycles. The molecule has 6 rings (SSSR count). The lowest BCUT2D eigenvalue weighted by atomic mass is 9.83. The molecule has 1 aromatic heterocycles. The Morgan fingerprint density at radius 3 is 2.85 bits per heavy atom. The highest BCUT2D eigenvalue weighted by Crippen LogP contribution is 2.53. The van der Waals surface area contributed by atoms with E-state index in [0.717, 1.165) is 27.8 Å². The Hall–Kier alpha value is -2.86. The third kappa shape index (κ3) is 1.69. The van der Waals surface area contributed by atoms with Crippen LogP contribution in [0.2, 0.25) is 0 Å². The maximum atomic E-state index is 12.5. The third-order valence-electron chi connectivity index (χ3n) is 5.78. The van der Waals surface area contributed by atoms with E-state index in [1.807, 2.05) is 19.1 Å². The molecule has 6 nitrogen and oxygen atoms in total. The van der Waals surface area contributed by atoms with Crippen LogP contribution in [0.15, 0.2) is 40.7 Å². The van der Waals surface area contributed by atoms with Crippen molar-refractivity contribution in [3.8, 4) is 0 Å². The smallest absolute Gasteiger partial charge is 0.339 e. The van der Waals surface area contributed by atoms with E-state index in [1.165, 1.54) is 0 Å². The monoisotopic (exact) mass is 350 g/mol. The predicted molar refractivity (Wildman–Crippen MR) is 86.5 cm³/mol. The molecule has 0 bridgehead atoms. The molecule has 2 saturated heterocycles. The first-order valence-electron chi connectivity index (χ1n) is 8.58. The van der Waals surface area contributed by atoms with Crippen molar-refractivity contribution in [1.82, 2.24) is 0 Å². The lowest BCUT2D eigenvalue weighted by Crippen LogP contribution is -2.09. The maximum Gasteiger partial charge on any atom is 0.339 e. The number of cyclic esters (lactones) is 2. The van der Waals surface area contributed by atoms with Crippen molar-refractivity contribution in [2.75, 3.05) is 6.61 Å². The minimum Gasteiger partial charge on any atom is -0.472 e. The molecule has 4 aliphatic rings. The molecule has 26 heavy (non-hydrogen) atoms. The maximum absolute atomic E-state index is 12.5. The fraction of sp³-hybridized carbons (Fsp3) is 0.300. The van der Waals surface area contributed by atoms with Crippen LogP contribution in [-0.4, -0.2) is 24.6 Å². The molecule has 4 unspecified atom stereocenters. The minimum atomic E-state index is -0.476.